The van der Waals surface area contributed by atoms with E-state index in [1.807, 2.05) is 6.07 Å². The van der Waals surface area contributed by atoms with Gasteiger partial charge in [0.2, 0.25) is 11.7 Å². The van der Waals surface area contributed by atoms with E-state index in [0.29, 0.717) is 41.7 Å². The Morgan fingerprint density at radius 2 is 2.17 bits per heavy atom. The van der Waals surface area contributed by atoms with Crippen LogP contribution in [0.25, 0.3) is 11.4 Å². The molecule has 4 rings (SSSR count). The second kappa shape index (κ2) is 8.74. The Morgan fingerprint density at radius 1 is 1.30 bits per heavy atom. The molecule has 2 aromatic carbocycles. The van der Waals surface area contributed by atoms with Gasteiger partial charge in [0.25, 0.3) is 5.91 Å². The number of piperidine rings is 1. The average molecular weight is 406 g/mol. The highest BCUT2D eigenvalue weighted by atomic mass is 19.1. The zero-order chi connectivity index (χ0) is 20.9. The summed E-state index contributed by atoms with van der Waals surface area (Å²) < 4.78 is 24.4. The molecule has 1 aliphatic rings. The summed E-state index contributed by atoms with van der Waals surface area (Å²) in [6, 6.07) is 14.9. The van der Waals surface area contributed by atoms with Gasteiger partial charge in [-0.25, -0.2) is 4.39 Å². The van der Waals surface area contributed by atoms with Gasteiger partial charge in [0.1, 0.15) is 17.6 Å². The second-order valence-corrected chi connectivity index (χ2v) is 7.04. The number of ether oxygens (including phenoxy) is 1. The molecule has 1 saturated heterocycles. The highest BCUT2D eigenvalue weighted by Gasteiger charge is 2.29. The van der Waals surface area contributed by atoms with Crippen molar-refractivity contribution in [2.75, 3.05) is 19.7 Å². The summed E-state index contributed by atoms with van der Waals surface area (Å²) in [6.07, 6.45) is 1.61. The zero-order valence-electron chi connectivity index (χ0n) is 16.1. The van der Waals surface area contributed by atoms with Gasteiger partial charge < -0.3 is 14.2 Å². The summed E-state index contributed by atoms with van der Waals surface area (Å²) in [7, 11) is 0. The number of likely N-dealkylation sites (tertiary alicyclic amines) is 1. The van der Waals surface area contributed by atoms with Crippen molar-refractivity contribution < 1.29 is 18.4 Å². The lowest BCUT2D eigenvalue weighted by Crippen LogP contribution is -2.41. The summed E-state index contributed by atoms with van der Waals surface area (Å²) in [4.78, 5) is 18.7. The number of hydrogen-bond acceptors (Lipinski definition) is 6. The Hall–Kier alpha value is -3.73. The number of carbonyl (C=O) groups is 1. The van der Waals surface area contributed by atoms with Crippen LogP contribution in [0.4, 0.5) is 4.39 Å². The van der Waals surface area contributed by atoms with Crippen LogP contribution in [-0.4, -0.2) is 40.6 Å². The number of hydrogen-bond donors (Lipinski definition) is 0. The number of amides is 1. The topological polar surface area (TPSA) is 92.2 Å². The molecule has 152 valence electrons. The van der Waals surface area contributed by atoms with Crippen LogP contribution in [0.15, 0.2) is 53.1 Å². The molecule has 30 heavy (non-hydrogen) atoms. The van der Waals surface area contributed by atoms with Gasteiger partial charge in [-0.1, -0.05) is 29.4 Å². The average Bonchev–Trinajstić information content (AvgIpc) is 3.28. The van der Waals surface area contributed by atoms with Gasteiger partial charge in [-0.3, -0.25) is 4.79 Å². The second-order valence-electron chi connectivity index (χ2n) is 7.04. The van der Waals surface area contributed by atoms with E-state index in [2.05, 4.69) is 10.1 Å². The third kappa shape index (κ3) is 4.30. The number of aromatic nitrogens is 2. The molecule has 0 radical (unpaired) electrons. The Labute approximate surface area is 172 Å². The molecule has 8 heteroatoms. The van der Waals surface area contributed by atoms with E-state index >= 15 is 0 Å². The summed E-state index contributed by atoms with van der Waals surface area (Å²) >= 11 is 0. The van der Waals surface area contributed by atoms with Crippen molar-refractivity contribution in [2.45, 2.75) is 18.8 Å². The number of halogens is 1. The number of carbonyl (C=O) groups excluding carboxylic acids is 1. The van der Waals surface area contributed by atoms with Crippen molar-refractivity contribution in [2.24, 2.45) is 0 Å². The van der Waals surface area contributed by atoms with Crippen molar-refractivity contribution in [1.82, 2.24) is 15.0 Å². The first-order chi connectivity index (χ1) is 14.6. The van der Waals surface area contributed by atoms with Gasteiger partial charge in [0.05, 0.1) is 11.5 Å². The quantitative estimate of drug-likeness (QED) is 0.644. The highest BCUT2D eigenvalue weighted by Crippen LogP contribution is 2.28. The van der Waals surface area contributed by atoms with Crippen molar-refractivity contribution in [1.29, 1.82) is 5.26 Å². The number of benzene rings is 2. The first kappa shape index (κ1) is 19.6. The SMILES string of the molecule is N#Cc1ccccc1OCC(=O)N1CCCC(c2nc(-c3cccc(F)c3)no2)C1. The largest absolute Gasteiger partial charge is 0.482 e. The molecule has 0 spiro atoms. The minimum Gasteiger partial charge on any atom is -0.482 e. The fourth-order valence-electron chi connectivity index (χ4n) is 3.47. The molecule has 0 N–H and O–H groups in total. The summed E-state index contributed by atoms with van der Waals surface area (Å²) in [5.74, 6) is 0.512. The van der Waals surface area contributed by atoms with Gasteiger partial charge in [-0.2, -0.15) is 10.2 Å². The highest BCUT2D eigenvalue weighted by molar-refractivity contribution is 5.78. The molecule has 1 aromatic heterocycles. The fraction of sp³-hybridized carbons (Fsp3) is 0.273. The van der Waals surface area contributed by atoms with Crippen LogP contribution in [-0.2, 0) is 4.79 Å². The predicted octanol–water partition coefficient (Wildman–Crippen LogP) is 3.53. The monoisotopic (exact) mass is 406 g/mol. The van der Waals surface area contributed by atoms with E-state index in [9.17, 15) is 9.18 Å². The van der Waals surface area contributed by atoms with Crippen LogP contribution in [0.2, 0.25) is 0 Å². The van der Waals surface area contributed by atoms with Crippen molar-refractivity contribution in [3.63, 3.8) is 0 Å². The van der Waals surface area contributed by atoms with Crippen LogP contribution < -0.4 is 4.74 Å². The Bertz CT molecular complexity index is 1090. The van der Waals surface area contributed by atoms with E-state index in [1.165, 1.54) is 12.1 Å². The third-order valence-corrected chi connectivity index (χ3v) is 5.01. The number of rotatable bonds is 5. The molecule has 2 heterocycles. The summed E-state index contributed by atoms with van der Waals surface area (Å²) in [5, 5.41) is 13.1. The van der Waals surface area contributed by atoms with Crippen LogP contribution in [0.1, 0.15) is 30.2 Å². The number of para-hydroxylation sites is 1. The van der Waals surface area contributed by atoms with Crippen molar-refractivity contribution in [3.05, 3.63) is 65.8 Å². The summed E-state index contributed by atoms with van der Waals surface area (Å²) in [6.45, 7) is 0.903. The van der Waals surface area contributed by atoms with Crippen LogP contribution in [0.3, 0.4) is 0 Å². The fourth-order valence-corrected chi connectivity index (χ4v) is 3.47. The molecule has 1 aliphatic heterocycles. The molecule has 0 aliphatic carbocycles. The molecule has 0 bridgehead atoms. The minimum atomic E-state index is -0.369. The minimum absolute atomic E-state index is 0.0936. The molecule has 1 unspecified atom stereocenters. The normalized spacial score (nSPS) is 16.1. The summed E-state index contributed by atoms with van der Waals surface area (Å²) in [5.41, 5.74) is 0.927. The van der Waals surface area contributed by atoms with Gasteiger partial charge in [-0.05, 0) is 37.1 Å². The molecule has 1 atom stereocenters. The molecular formula is C22H19FN4O3. The number of nitrogens with zero attached hydrogens (tertiary/aromatic N) is 4. The van der Waals surface area contributed by atoms with Gasteiger partial charge in [-0.15, -0.1) is 0 Å². The smallest absolute Gasteiger partial charge is 0.260 e. The van der Waals surface area contributed by atoms with Crippen LogP contribution in [0.5, 0.6) is 5.75 Å². The molecule has 1 fully saturated rings. The maximum absolute atomic E-state index is 13.4. The van der Waals surface area contributed by atoms with E-state index in [1.54, 1.807) is 41.3 Å². The van der Waals surface area contributed by atoms with E-state index < -0.39 is 0 Å². The van der Waals surface area contributed by atoms with Crippen LogP contribution >= 0.6 is 0 Å². The first-order valence-electron chi connectivity index (χ1n) is 9.63. The van der Waals surface area contributed by atoms with Crippen LogP contribution in [0, 0.1) is 17.1 Å². The first-order valence-corrected chi connectivity index (χ1v) is 9.63. The predicted molar refractivity (Wildman–Crippen MR) is 105 cm³/mol. The lowest BCUT2D eigenvalue weighted by atomic mass is 9.98. The van der Waals surface area contributed by atoms with Gasteiger partial charge in [0, 0.05) is 18.7 Å². The lowest BCUT2D eigenvalue weighted by molar-refractivity contribution is -0.134. The maximum Gasteiger partial charge on any atom is 0.260 e. The Balaban J connectivity index is 1.40. The van der Waals surface area contributed by atoms with Crippen molar-refractivity contribution in [3.8, 4) is 23.2 Å². The Kier molecular flexibility index (Phi) is 5.70. The van der Waals surface area contributed by atoms with E-state index in [0.717, 1.165) is 12.8 Å². The molecule has 3 aromatic rings. The molecule has 0 saturated carbocycles. The zero-order valence-corrected chi connectivity index (χ0v) is 16.1. The third-order valence-electron chi connectivity index (χ3n) is 5.01. The van der Waals surface area contributed by atoms with E-state index in [-0.39, 0.29) is 24.2 Å². The van der Waals surface area contributed by atoms with Gasteiger partial charge in [0.15, 0.2) is 6.61 Å². The lowest BCUT2D eigenvalue weighted by Gasteiger charge is -2.31. The van der Waals surface area contributed by atoms with Crippen molar-refractivity contribution >= 4 is 5.91 Å². The molecule has 7 nitrogen and oxygen atoms in total. The van der Waals surface area contributed by atoms with Gasteiger partial charge >= 0.3 is 0 Å². The maximum atomic E-state index is 13.4. The Morgan fingerprint density at radius 3 is 3.00 bits per heavy atom. The molecular weight excluding hydrogens is 387 g/mol. The van der Waals surface area contributed by atoms with E-state index in [4.69, 9.17) is 14.5 Å². The standard InChI is InChI=1S/C22H19FN4O3/c23-18-8-3-6-15(11-18)21-25-22(30-26-21)17-7-4-10-27(13-17)20(28)14-29-19-9-2-1-5-16(19)12-24/h1-3,5-6,8-9,11,17H,4,7,10,13-14H2. The molecule has 1 amide bonds. The number of nitriles is 1.